The lowest BCUT2D eigenvalue weighted by molar-refractivity contribution is -0.139. The molecule has 0 saturated carbocycles. The van der Waals surface area contributed by atoms with Crippen molar-refractivity contribution in [2.75, 3.05) is 13.7 Å². The molecule has 2 aromatic rings. The van der Waals surface area contributed by atoms with E-state index in [1.54, 1.807) is 24.3 Å². The highest BCUT2D eigenvalue weighted by Gasteiger charge is 2.50. The van der Waals surface area contributed by atoms with E-state index in [0.717, 1.165) is 6.07 Å². The second-order valence-corrected chi connectivity index (χ2v) is 6.21. The van der Waals surface area contributed by atoms with Crippen molar-refractivity contribution in [3.05, 3.63) is 59.9 Å². The predicted octanol–water partition coefficient (Wildman–Crippen LogP) is 1.71. The number of imide groups is 1. The largest absolute Gasteiger partial charge is 0.497 e. The summed E-state index contributed by atoms with van der Waals surface area (Å²) in [6.45, 7) is 1.03. The van der Waals surface area contributed by atoms with Crippen molar-refractivity contribution < 1.29 is 28.2 Å². The van der Waals surface area contributed by atoms with Crippen LogP contribution in [0, 0.1) is 5.82 Å². The first-order valence-electron chi connectivity index (χ1n) is 8.32. The highest BCUT2D eigenvalue weighted by Crippen LogP contribution is 2.29. The quantitative estimate of drug-likeness (QED) is 0.736. The van der Waals surface area contributed by atoms with E-state index >= 15 is 0 Å². The highest BCUT2D eigenvalue weighted by molar-refractivity contribution is 6.08. The first-order valence-corrected chi connectivity index (χ1v) is 8.32. The molecule has 1 aliphatic heterocycles. The second kappa shape index (κ2) is 7.55. The fraction of sp³-hybridized carbons (Fsp3) is 0.211. The molecule has 0 spiro atoms. The van der Waals surface area contributed by atoms with Gasteiger partial charge >= 0.3 is 6.03 Å². The first-order chi connectivity index (χ1) is 13.3. The Morgan fingerprint density at radius 2 is 1.89 bits per heavy atom. The number of hydrogen-bond acceptors (Lipinski definition) is 5. The van der Waals surface area contributed by atoms with Crippen LogP contribution in [0.5, 0.6) is 11.5 Å². The maximum absolute atomic E-state index is 13.1. The Morgan fingerprint density at radius 3 is 2.54 bits per heavy atom. The topological polar surface area (TPSA) is 97.0 Å². The van der Waals surface area contributed by atoms with Gasteiger partial charge in [0.05, 0.1) is 7.11 Å². The van der Waals surface area contributed by atoms with Crippen molar-refractivity contribution in [2.24, 2.45) is 0 Å². The van der Waals surface area contributed by atoms with E-state index < -0.39 is 35.8 Å². The van der Waals surface area contributed by atoms with Crippen molar-refractivity contribution in [1.82, 2.24) is 15.8 Å². The van der Waals surface area contributed by atoms with Crippen LogP contribution in [0.2, 0.25) is 0 Å². The fourth-order valence-electron chi connectivity index (χ4n) is 2.72. The van der Waals surface area contributed by atoms with Gasteiger partial charge in [0, 0.05) is 6.07 Å². The molecule has 1 saturated heterocycles. The molecule has 8 nitrogen and oxygen atoms in total. The summed E-state index contributed by atoms with van der Waals surface area (Å²) in [5, 5.41) is 3.16. The Kier molecular flexibility index (Phi) is 5.16. The number of ether oxygens (including phenoxy) is 2. The molecule has 0 bridgehead atoms. The average Bonchev–Trinajstić information content (AvgIpc) is 2.90. The third kappa shape index (κ3) is 3.73. The first kappa shape index (κ1) is 19.2. The summed E-state index contributed by atoms with van der Waals surface area (Å²) in [6.07, 6.45) is 0. The van der Waals surface area contributed by atoms with E-state index in [4.69, 9.17) is 9.47 Å². The molecule has 2 N–H and O–H groups in total. The van der Waals surface area contributed by atoms with Crippen molar-refractivity contribution in [3.8, 4) is 11.5 Å². The normalized spacial score (nSPS) is 18.6. The van der Waals surface area contributed by atoms with Crippen LogP contribution in [0.15, 0.2) is 48.5 Å². The number of hydrazine groups is 1. The van der Waals surface area contributed by atoms with Gasteiger partial charge in [0.15, 0.2) is 6.61 Å². The minimum atomic E-state index is -1.35. The van der Waals surface area contributed by atoms with Crippen molar-refractivity contribution >= 4 is 17.8 Å². The van der Waals surface area contributed by atoms with E-state index in [9.17, 15) is 18.8 Å². The predicted molar refractivity (Wildman–Crippen MR) is 95.8 cm³/mol. The zero-order valence-corrected chi connectivity index (χ0v) is 15.2. The summed E-state index contributed by atoms with van der Waals surface area (Å²) in [7, 11) is 1.52. The van der Waals surface area contributed by atoms with Crippen LogP contribution in [0.4, 0.5) is 9.18 Å². The number of amides is 4. The molecule has 1 atom stereocenters. The molecule has 1 fully saturated rings. The lowest BCUT2D eigenvalue weighted by Gasteiger charge is -2.22. The number of carbonyl (C=O) groups is 3. The molecule has 0 radical (unpaired) electrons. The lowest BCUT2D eigenvalue weighted by Crippen LogP contribution is -2.49. The SMILES string of the molecule is COc1ccc([C@]2(C)NC(=O)N(NC(=O)COc3cccc(F)c3)C2=O)cc1. The van der Waals surface area contributed by atoms with Crippen LogP contribution in [-0.4, -0.2) is 36.6 Å². The monoisotopic (exact) mass is 387 g/mol. The maximum atomic E-state index is 13.1. The Hall–Kier alpha value is -3.62. The van der Waals surface area contributed by atoms with Crippen LogP contribution in [0.1, 0.15) is 12.5 Å². The van der Waals surface area contributed by atoms with Crippen molar-refractivity contribution in [3.63, 3.8) is 0 Å². The molecular formula is C19H18FN3O5. The van der Waals surface area contributed by atoms with Gasteiger partial charge in [-0.25, -0.2) is 9.18 Å². The zero-order chi connectivity index (χ0) is 20.3. The summed E-state index contributed by atoms with van der Waals surface area (Å²) < 4.78 is 23.4. The van der Waals surface area contributed by atoms with Gasteiger partial charge in [-0.2, -0.15) is 5.01 Å². The van der Waals surface area contributed by atoms with Crippen LogP contribution >= 0.6 is 0 Å². The number of nitrogens with one attached hydrogen (secondary N) is 2. The molecule has 1 heterocycles. The summed E-state index contributed by atoms with van der Waals surface area (Å²) in [4.78, 5) is 37.0. The summed E-state index contributed by atoms with van der Waals surface area (Å²) >= 11 is 0. The van der Waals surface area contributed by atoms with Gasteiger partial charge in [-0.05, 0) is 36.8 Å². The van der Waals surface area contributed by atoms with Gasteiger partial charge in [-0.1, -0.05) is 18.2 Å². The molecule has 0 unspecified atom stereocenters. The Balaban J connectivity index is 1.66. The molecule has 3 rings (SSSR count). The third-order valence-corrected chi connectivity index (χ3v) is 4.26. The van der Waals surface area contributed by atoms with Gasteiger partial charge in [0.25, 0.3) is 11.8 Å². The van der Waals surface area contributed by atoms with E-state index in [1.807, 2.05) is 0 Å². The molecule has 0 aliphatic carbocycles. The molecule has 146 valence electrons. The molecule has 2 aromatic carbocycles. The molecule has 28 heavy (non-hydrogen) atoms. The van der Waals surface area contributed by atoms with Crippen LogP contribution in [0.25, 0.3) is 0 Å². The minimum absolute atomic E-state index is 0.149. The average molecular weight is 387 g/mol. The zero-order valence-electron chi connectivity index (χ0n) is 15.2. The Morgan fingerprint density at radius 1 is 1.18 bits per heavy atom. The second-order valence-electron chi connectivity index (χ2n) is 6.21. The highest BCUT2D eigenvalue weighted by atomic mass is 19.1. The fourth-order valence-corrected chi connectivity index (χ4v) is 2.72. The maximum Gasteiger partial charge on any atom is 0.344 e. The number of carbonyl (C=O) groups excluding carboxylic acids is 3. The molecule has 1 aliphatic rings. The molecule has 0 aromatic heterocycles. The van der Waals surface area contributed by atoms with E-state index in [-0.39, 0.29) is 5.75 Å². The van der Waals surface area contributed by atoms with Gasteiger partial charge in [0.1, 0.15) is 22.9 Å². The summed E-state index contributed by atoms with van der Waals surface area (Å²) in [6, 6.07) is 11.1. The Bertz CT molecular complexity index is 918. The number of benzene rings is 2. The van der Waals surface area contributed by atoms with E-state index in [2.05, 4.69) is 10.7 Å². The van der Waals surface area contributed by atoms with Gasteiger partial charge < -0.3 is 14.8 Å². The number of methoxy groups -OCH3 is 1. The summed E-state index contributed by atoms with van der Waals surface area (Å²) in [5.74, 6) is -1.16. The number of halogens is 1. The lowest BCUT2D eigenvalue weighted by atomic mass is 9.92. The molecule has 4 amide bonds. The van der Waals surface area contributed by atoms with Gasteiger partial charge in [-0.15, -0.1) is 0 Å². The Labute approximate surface area is 160 Å². The van der Waals surface area contributed by atoms with Crippen LogP contribution < -0.4 is 20.2 Å². The number of hydrogen-bond donors (Lipinski definition) is 2. The smallest absolute Gasteiger partial charge is 0.344 e. The molecule has 9 heteroatoms. The standard InChI is InChI=1S/C19H18FN3O5/c1-19(12-6-8-14(27-2)9-7-12)17(25)23(18(26)21-19)22-16(24)11-28-15-5-3-4-13(20)10-15/h3-10H,11H2,1-2H3,(H,21,26)(H,22,24)/t19-/m0/s1. The number of rotatable bonds is 6. The third-order valence-electron chi connectivity index (χ3n) is 4.26. The van der Waals surface area contributed by atoms with E-state index in [0.29, 0.717) is 16.3 Å². The van der Waals surface area contributed by atoms with Gasteiger partial charge in [-0.3, -0.25) is 15.0 Å². The van der Waals surface area contributed by atoms with Crippen molar-refractivity contribution in [1.29, 1.82) is 0 Å². The van der Waals surface area contributed by atoms with Crippen molar-refractivity contribution in [2.45, 2.75) is 12.5 Å². The van der Waals surface area contributed by atoms with Crippen LogP contribution in [-0.2, 0) is 15.1 Å². The van der Waals surface area contributed by atoms with Gasteiger partial charge in [0.2, 0.25) is 0 Å². The van der Waals surface area contributed by atoms with Crippen LogP contribution in [0.3, 0.4) is 0 Å². The van der Waals surface area contributed by atoms with E-state index in [1.165, 1.54) is 32.2 Å². The number of urea groups is 1. The summed E-state index contributed by atoms with van der Waals surface area (Å²) in [5.41, 5.74) is 1.38. The minimum Gasteiger partial charge on any atom is -0.497 e. The molecular weight excluding hydrogens is 369 g/mol. The number of nitrogens with zero attached hydrogens (tertiary/aromatic N) is 1.